The molecular weight excluding hydrogens is 276 g/mol. The Balaban J connectivity index is 2.10. The summed E-state index contributed by atoms with van der Waals surface area (Å²) in [6, 6.07) is 10.7. The molecule has 2 rings (SSSR count). The minimum atomic E-state index is -0.459. The topological polar surface area (TPSA) is 55.2 Å². The molecular formula is C15H15ClN2O2. The first-order chi connectivity index (χ1) is 9.47. The highest BCUT2D eigenvalue weighted by molar-refractivity contribution is 6.33. The van der Waals surface area contributed by atoms with Gasteiger partial charge in [-0.15, -0.1) is 0 Å². The van der Waals surface area contributed by atoms with Crippen molar-refractivity contribution in [1.82, 2.24) is 0 Å². The fourth-order valence-electron chi connectivity index (χ4n) is 1.87. The van der Waals surface area contributed by atoms with Crippen molar-refractivity contribution < 1.29 is 4.92 Å². The number of aryl methyl sites for hydroxylation is 2. The maximum absolute atomic E-state index is 10.6. The number of nitrogens with one attached hydrogen (secondary N) is 1. The number of non-ortho nitro benzene ring substituents is 1. The molecule has 0 saturated heterocycles. The minimum absolute atomic E-state index is 0.00766. The van der Waals surface area contributed by atoms with Gasteiger partial charge >= 0.3 is 0 Å². The summed E-state index contributed by atoms with van der Waals surface area (Å²) < 4.78 is 0. The molecule has 0 unspecified atom stereocenters. The van der Waals surface area contributed by atoms with Crippen LogP contribution in [0.2, 0.25) is 5.02 Å². The molecule has 0 fully saturated rings. The van der Waals surface area contributed by atoms with E-state index in [4.69, 9.17) is 11.6 Å². The molecule has 0 heterocycles. The van der Waals surface area contributed by atoms with Crippen molar-refractivity contribution in [3.05, 3.63) is 68.2 Å². The quantitative estimate of drug-likeness (QED) is 0.667. The zero-order valence-electron chi connectivity index (χ0n) is 11.3. The van der Waals surface area contributed by atoms with Gasteiger partial charge in [0, 0.05) is 18.7 Å². The van der Waals surface area contributed by atoms with Gasteiger partial charge in [0.05, 0.1) is 15.6 Å². The average molecular weight is 291 g/mol. The summed E-state index contributed by atoms with van der Waals surface area (Å²) >= 11 is 6.03. The maximum Gasteiger partial charge on any atom is 0.271 e. The third kappa shape index (κ3) is 3.27. The second-order valence-electron chi connectivity index (χ2n) is 4.69. The van der Waals surface area contributed by atoms with Crippen molar-refractivity contribution in [2.24, 2.45) is 0 Å². The van der Waals surface area contributed by atoms with Gasteiger partial charge < -0.3 is 5.32 Å². The predicted molar refractivity (Wildman–Crippen MR) is 81.3 cm³/mol. The molecule has 0 aliphatic rings. The van der Waals surface area contributed by atoms with Crippen molar-refractivity contribution in [2.45, 2.75) is 20.4 Å². The average Bonchev–Trinajstić information content (AvgIpc) is 2.41. The highest BCUT2D eigenvalue weighted by Gasteiger charge is 2.09. The van der Waals surface area contributed by atoms with E-state index < -0.39 is 4.92 Å². The van der Waals surface area contributed by atoms with E-state index in [0.29, 0.717) is 17.3 Å². The van der Waals surface area contributed by atoms with E-state index in [1.807, 2.05) is 0 Å². The molecule has 20 heavy (non-hydrogen) atoms. The lowest BCUT2D eigenvalue weighted by atomic mass is 10.1. The Morgan fingerprint density at radius 3 is 2.50 bits per heavy atom. The number of anilines is 1. The number of hydrogen-bond acceptors (Lipinski definition) is 3. The summed E-state index contributed by atoms with van der Waals surface area (Å²) in [4.78, 5) is 10.2. The van der Waals surface area contributed by atoms with Crippen molar-refractivity contribution >= 4 is 23.0 Å². The van der Waals surface area contributed by atoms with Crippen LogP contribution in [0.4, 0.5) is 11.4 Å². The lowest BCUT2D eigenvalue weighted by Gasteiger charge is -2.10. The molecule has 0 aliphatic heterocycles. The minimum Gasteiger partial charge on any atom is -0.380 e. The van der Waals surface area contributed by atoms with Crippen molar-refractivity contribution in [3.63, 3.8) is 0 Å². The van der Waals surface area contributed by atoms with Crippen LogP contribution in [0.15, 0.2) is 36.4 Å². The second kappa shape index (κ2) is 5.92. The van der Waals surface area contributed by atoms with Gasteiger partial charge in [0.15, 0.2) is 0 Å². The lowest BCUT2D eigenvalue weighted by Crippen LogP contribution is -2.01. The number of benzene rings is 2. The van der Waals surface area contributed by atoms with E-state index in [1.165, 1.54) is 23.3 Å². The molecule has 104 valence electrons. The van der Waals surface area contributed by atoms with Crippen LogP contribution in [0.5, 0.6) is 0 Å². The smallest absolute Gasteiger partial charge is 0.271 e. The highest BCUT2D eigenvalue weighted by Crippen LogP contribution is 2.27. The van der Waals surface area contributed by atoms with E-state index in [1.54, 1.807) is 6.07 Å². The van der Waals surface area contributed by atoms with Gasteiger partial charge in [-0.1, -0.05) is 29.8 Å². The van der Waals surface area contributed by atoms with Crippen molar-refractivity contribution in [2.75, 3.05) is 5.32 Å². The Hall–Kier alpha value is -2.07. The van der Waals surface area contributed by atoms with Crippen LogP contribution in [-0.2, 0) is 6.54 Å². The molecule has 4 nitrogen and oxygen atoms in total. The Bertz CT molecular complexity index is 656. The summed E-state index contributed by atoms with van der Waals surface area (Å²) in [5.74, 6) is 0. The predicted octanol–water partition coefficient (Wildman–Crippen LogP) is 4.48. The van der Waals surface area contributed by atoms with E-state index in [9.17, 15) is 10.1 Å². The van der Waals surface area contributed by atoms with Crippen LogP contribution < -0.4 is 5.32 Å². The Labute approximate surface area is 122 Å². The van der Waals surface area contributed by atoms with Gasteiger partial charge in [-0.05, 0) is 36.6 Å². The molecule has 0 radical (unpaired) electrons. The van der Waals surface area contributed by atoms with Crippen molar-refractivity contribution in [1.29, 1.82) is 0 Å². The third-order valence-electron chi connectivity index (χ3n) is 3.22. The fraction of sp³-hybridized carbons (Fsp3) is 0.200. The van der Waals surface area contributed by atoms with Gasteiger partial charge in [-0.2, -0.15) is 0 Å². The molecule has 0 saturated carbocycles. The number of nitro benzene ring substituents is 1. The van der Waals surface area contributed by atoms with Crippen LogP contribution in [0.1, 0.15) is 16.7 Å². The third-order valence-corrected chi connectivity index (χ3v) is 3.53. The molecule has 5 heteroatoms. The van der Waals surface area contributed by atoms with E-state index >= 15 is 0 Å². The molecule has 0 amide bonds. The standard InChI is InChI=1S/C15H15ClN2O2/c1-10-3-4-12(7-11(10)2)9-17-15-6-5-13(18(19)20)8-14(15)16/h3-8,17H,9H2,1-2H3. The second-order valence-corrected chi connectivity index (χ2v) is 5.10. The molecule has 0 aliphatic carbocycles. The number of rotatable bonds is 4. The fourth-order valence-corrected chi connectivity index (χ4v) is 2.11. The van der Waals surface area contributed by atoms with Crippen LogP contribution in [0, 0.1) is 24.0 Å². The molecule has 2 aromatic rings. The van der Waals surface area contributed by atoms with E-state index in [2.05, 4.69) is 37.4 Å². The zero-order chi connectivity index (χ0) is 14.7. The summed E-state index contributed by atoms with van der Waals surface area (Å²) in [6.07, 6.45) is 0. The van der Waals surface area contributed by atoms with Gasteiger partial charge in [-0.25, -0.2) is 0 Å². The van der Waals surface area contributed by atoms with Crippen LogP contribution in [0.25, 0.3) is 0 Å². The summed E-state index contributed by atoms with van der Waals surface area (Å²) in [7, 11) is 0. The Morgan fingerprint density at radius 2 is 1.90 bits per heavy atom. The molecule has 0 aromatic heterocycles. The number of nitrogens with zero attached hydrogens (tertiary/aromatic N) is 1. The van der Waals surface area contributed by atoms with Crippen molar-refractivity contribution in [3.8, 4) is 0 Å². The first-order valence-corrected chi connectivity index (χ1v) is 6.59. The highest BCUT2D eigenvalue weighted by atomic mass is 35.5. The maximum atomic E-state index is 10.6. The molecule has 2 aromatic carbocycles. The number of nitro groups is 1. The van der Waals surface area contributed by atoms with E-state index in [0.717, 1.165) is 5.56 Å². The molecule has 0 spiro atoms. The lowest BCUT2D eigenvalue weighted by molar-refractivity contribution is -0.384. The van der Waals surface area contributed by atoms with E-state index in [-0.39, 0.29) is 5.69 Å². The normalized spacial score (nSPS) is 10.3. The molecule has 0 bridgehead atoms. The van der Waals surface area contributed by atoms with Gasteiger partial charge in [0.1, 0.15) is 0 Å². The van der Waals surface area contributed by atoms with Crippen LogP contribution in [0.3, 0.4) is 0 Å². The molecule has 0 atom stereocenters. The van der Waals surface area contributed by atoms with Gasteiger partial charge in [0.2, 0.25) is 0 Å². The number of halogens is 1. The zero-order valence-corrected chi connectivity index (χ0v) is 12.1. The first kappa shape index (κ1) is 14.3. The Kier molecular flexibility index (Phi) is 4.25. The van der Waals surface area contributed by atoms with Crippen LogP contribution >= 0.6 is 11.6 Å². The van der Waals surface area contributed by atoms with Crippen LogP contribution in [-0.4, -0.2) is 4.92 Å². The summed E-state index contributed by atoms with van der Waals surface area (Å²) in [5.41, 5.74) is 4.31. The Morgan fingerprint density at radius 1 is 1.15 bits per heavy atom. The summed E-state index contributed by atoms with van der Waals surface area (Å²) in [5, 5.41) is 14.2. The SMILES string of the molecule is Cc1ccc(CNc2ccc([N+](=O)[O-])cc2Cl)cc1C. The van der Waals surface area contributed by atoms with Gasteiger partial charge in [0.25, 0.3) is 5.69 Å². The van der Waals surface area contributed by atoms with Gasteiger partial charge in [-0.3, -0.25) is 10.1 Å². The summed E-state index contributed by atoms with van der Waals surface area (Å²) in [6.45, 7) is 4.76. The monoisotopic (exact) mass is 290 g/mol. The molecule has 1 N–H and O–H groups in total. The number of hydrogen-bond donors (Lipinski definition) is 1. The largest absolute Gasteiger partial charge is 0.380 e. The first-order valence-electron chi connectivity index (χ1n) is 6.21.